The van der Waals surface area contributed by atoms with Gasteiger partial charge in [-0.25, -0.2) is 19.2 Å². The van der Waals surface area contributed by atoms with Crippen molar-refractivity contribution in [2.45, 2.75) is 0 Å². The predicted molar refractivity (Wildman–Crippen MR) is 188 cm³/mol. The summed E-state index contributed by atoms with van der Waals surface area (Å²) in [6.45, 7) is 0. The van der Waals surface area contributed by atoms with Crippen molar-refractivity contribution >= 4 is 23.9 Å². The van der Waals surface area contributed by atoms with Crippen LogP contribution in [0.3, 0.4) is 0 Å². The highest BCUT2D eigenvalue weighted by atomic mass is 16.4. The monoisotopic (exact) mass is 658 g/mol. The molecule has 6 aromatic carbocycles. The first-order valence-corrected chi connectivity index (χ1v) is 15.2. The molecule has 0 fully saturated rings. The third-order valence-electron chi connectivity index (χ3n) is 8.08. The molecule has 0 atom stereocenters. The number of rotatable bonds is 8. The molecule has 0 aliphatic heterocycles. The van der Waals surface area contributed by atoms with Crippen LogP contribution in [0.15, 0.2) is 133 Å². The summed E-state index contributed by atoms with van der Waals surface area (Å²) < 4.78 is 0. The van der Waals surface area contributed by atoms with Crippen molar-refractivity contribution in [1.29, 1.82) is 0 Å². The van der Waals surface area contributed by atoms with E-state index in [1.807, 2.05) is 36.4 Å². The lowest BCUT2D eigenvalue weighted by molar-refractivity contribution is 0.0686. The van der Waals surface area contributed by atoms with E-state index in [0.717, 1.165) is 44.5 Å². The number of aromatic carboxylic acids is 4. The highest BCUT2D eigenvalue weighted by Crippen LogP contribution is 2.31. The Labute approximate surface area is 286 Å². The summed E-state index contributed by atoms with van der Waals surface area (Å²) >= 11 is 0. The summed E-state index contributed by atoms with van der Waals surface area (Å²) in [6, 6.07) is 37.3. The topological polar surface area (TPSA) is 149 Å². The van der Waals surface area contributed by atoms with E-state index >= 15 is 0 Å². The standard InChI is InChI=1S/C42H26O8/c43-39(44)31-11-3-27(4-12-31)35-19-25(20-36(23-35)28-5-13-32(14-6-28)40(45)46)1-2-26-21-37(29-7-15-33(16-8-29)41(47)48)24-38(22-26)30-9-17-34(18-10-30)42(49)50/h3-24H,(H,43,44)(H,45,46)(H,47,48)(H,49,50). The van der Waals surface area contributed by atoms with E-state index < -0.39 is 23.9 Å². The van der Waals surface area contributed by atoms with Crippen LogP contribution in [0.4, 0.5) is 0 Å². The van der Waals surface area contributed by atoms with E-state index in [0.29, 0.717) is 11.1 Å². The second-order valence-electron chi connectivity index (χ2n) is 11.4. The van der Waals surface area contributed by atoms with E-state index in [1.54, 1.807) is 48.5 Å². The fourth-order valence-electron chi connectivity index (χ4n) is 5.43. The van der Waals surface area contributed by atoms with Crippen molar-refractivity contribution in [3.8, 4) is 56.3 Å². The average molecular weight is 659 g/mol. The Kier molecular flexibility index (Phi) is 9.06. The van der Waals surface area contributed by atoms with E-state index in [1.165, 1.54) is 48.5 Å². The van der Waals surface area contributed by atoms with Gasteiger partial charge in [0.05, 0.1) is 22.3 Å². The van der Waals surface area contributed by atoms with Crippen molar-refractivity contribution in [2.75, 3.05) is 0 Å². The molecule has 0 amide bonds. The average Bonchev–Trinajstić information content (AvgIpc) is 3.14. The fourth-order valence-corrected chi connectivity index (χ4v) is 5.43. The number of carboxylic acids is 4. The van der Waals surface area contributed by atoms with E-state index in [9.17, 15) is 39.6 Å². The first-order chi connectivity index (χ1) is 24.0. The molecule has 50 heavy (non-hydrogen) atoms. The van der Waals surface area contributed by atoms with Gasteiger partial charge in [-0.3, -0.25) is 0 Å². The highest BCUT2D eigenvalue weighted by molar-refractivity contribution is 5.91. The Bertz CT molecular complexity index is 2020. The summed E-state index contributed by atoms with van der Waals surface area (Å²) in [5.74, 6) is 2.37. The van der Waals surface area contributed by atoms with Gasteiger partial charge in [-0.05, 0) is 129 Å². The summed E-state index contributed by atoms with van der Waals surface area (Å²) in [5, 5.41) is 37.5. The van der Waals surface area contributed by atoms with Gasteiger partial charge in [-0.1, -0.05) is 60.4 Å². The second-order valence-corrected chi connectivity index (χ2v) is 11.4. The van der Waals surface area contributed by atoms with Gasteiger partial charge < -0.3 is 20.4 Å². The fraction of sp³-hybridized carbons (Fsp3) is 0. The second kappa shape index (κ2) is 13.9. The zero-order chi connectivity index (χ0) is 35.4. The van der Waals surface area contributed by atoms with Gasteiger partial charge in [0.2, 0.25) is 0 Å². The van der Waals surface area contributed by atoms with Crippen LogP contribution in [-0.4, -0.2) is 44.3 Å². The summed E-state index contributed by atoms with van der Waals surface area (Å²) in [7, 11) is 0. The highest BCUT2D eigenvalue weighted by Gasteiger charge is 2.11. The Morgan fingerprint density at radius 3 is 0.680 bits per heavy atom. The van der Waals surface area contributed by atoms with Crippen LogP contribution in [0.25, 0.3) is 44.5 Å². The summed E-state index contributed by atoms with van der Waals surface area (Å²) in [5.41, 5.74) is 8.06. The number of carbonyl (C=O) groups is 4. The first-order valence-electron chi connectivity index (χ1n) is 15.2. The lowest BCUT2D eigenvalue weighted by Crippen LogP contribution is -1.96. The van der Waals surface area contributed by atoms with Crippen LogP contribution in [0, 0.1) is 11.8 Å². The molecule has 0 bridgehead atoms. The van der Waals surface area contributed by atoms with Crippen LogP contribution < -0.4 is 0 Å². The minimum atomic E-state index is -1.03. The van der Waals surface area contributed by atoms with E-state index in [-0.39, 0.29) is 22.3 Å². The zero-order valence-electron chi connectivity index (χ0n) is 26.1. The first kappa shape index (κ1) is 32.7. The Hall–Kier alpha value is -7.24. The third-order valence-corrected chi connectivity index (χ3v) is 8.08. The lowest BCUT2D eigenvalue weighted by Gasteiger charge is -2.10. The molecule has 0 unspecified atom stereocenters. The molecule has 0 aromatic heterocycles. The number of carboxylic acid groups (broad SMARTS) is 4. The van der Waals surface area contributed by atoms with Crippen molar-refractivity contribution < 1.29 is 39.6 Å². The number of hydrogen-bond acceptors (Lipinski definition) is 4. The molecule has 0 aliphatic rings. The van der Waals surface area contributed by atoms with Crippen LogP contribution in [-0.2, 0) is 0 Å². The van der Waals surface area contributed by atoms with E-state index in [4.69, 9.17) is 0 Å². The maximum atomic E-state index is 11.4. The van der Waals surface area contributed by atoms with Gasteiger partial charge in [0, 0.05) is 11.1 Å². The van der Waals surface area contributed by atoms with Crippen LogP contribution >= 0.6 is 0 Å². The van der Waals surface area contributed by atoms with E-state index in [2.05, 4.69) is 11.8 Å². The molecule has 0 saturated heterocycles. The van der Waals surface area contributed by atoms with Crippen LogP contribution in [0.1, 0.15) is 52.6 Å². The SMILES string of the molecule is O=C(O)c1ccc(-c2cc(C#Cc3cc(-c4ccc(C(=O)O)cc4)cc(-c4ccc(C(=O)O)cc4)c3)cc(-c3ccc(C(=O)O)cc3)c2)cc1. The Morgan fingerprint density at radius 2 is 0.500 bits per heavy atom. The van der Waals surface area contributed by atoms with Gasteiger partial charge in [-0.15, -0.1) is 0 Å². The van der Waals surface area contributed by atoms with Gasteiger partial charge in [0.15, 0.2) is 0 Å². The molecule has 0 aliphatic carbocycles. The van der Waals surface area contributed by atoms with Crippen molar-refractivity contribution in [3.05, 3.63) is 167 Å². The summed E-state index contributed by atoms with van der Waals surface area (Å²) in [6.07, 6.45) is 0. The van der Waals surface area contributed by atoms with Gasteiger partial charge in [0.25, 0.3) is 0 Å². The molecule has 8 nitrogen and oxygen atoms in total. The van der Waals surface area contributed by atoms with Crippen LogP contribution in [0.2, 0.25) is 0 Å². The predicted octanol–water partition coefficient (Wildman–Crippen LogP) is 8.55. The summed E-state index contributed by atoms with van der Waals surface area (Å²) in [4.78, 5) is 45.8. The quantitative estimate of drug-likeness (QED) is 0.119. The molecule has 8 heteroatoms. The molecule has 0 saturated carbocycles. The molecule has 4 N–H and O–H groups in total. The van der Waals surface area contributed by atoms with Gasteiger partial charge in [0.1, 0.15) is 0 Å². The molecule has 0 radical (unpaired) electrons. The normalized spacial score (nSPS) is 10.5. The lowest BCUT2D eigenvalue weighted by atomic mass is 9.94. The van der Waals surface area contributed by atoms with Crippen LogP contribution in [0.5, 0.6) is 0 Å². The van der Waals surface area contributed by atoms with Crippen molar-refractivity contribution in [1.82, 2.24) is 0 Å². The molecule has 0 heterocycles. The number of benzene rings is 6. The van der Waals surface area contributed by atoms with Gasteiger partial charge in [-0.2, -0.15) is 0 Å². The zero-order valence-corrected chi connectivity index (χ0v) is 26.1. The molecule has 0 spiro atoms. The maximum Gasteiger partial charge on any atom is 0.335 e. The smallest absolute Gasteiger partial charge is 0.335 e. The largest absolute Gasteiger partial charge is 0.478 e. The third kappa shape index (κ3) is 7.33. The molecule has 6 aromatic rings. The van der Waals surface area contributed by atoms with Gasteiger partial charge >= 0.3 is 23.9 Å². The number of hydrogen-bond donors (Lipinski definition) is 4. The Balaban J connectivity index is 1.46. The minimum absolute atomic E-state index is 0.153. The molecule has 242 valence electrons. The molecule has 6 rings (SSSR count). The van der Waals surface area contributed by atoms with Crippen molar-refractivity contribution in [2.24, 2.45) is 0 Å². The molecular weight excluding hydrogens is 632 g/mol. The van der Waals surface area contributed by atoms with Crippen molar-refractivity contribution in [3.63, 3.8) is 0 Å². The molecular formula is C42H26O8. The Morgan fingerprint density at radius 1 is 0.300 bits per heavy atom. The minimum Gasteiger partial charge on any atom is -0.478 e. The maximum absolute atomic E-state index is 11.4.